The maximum atomic E-state index is 13.1. The number of para-hydroxylation sites is 1. The number of rotatable bonds is 7. The second-order valence-electron chi connectivity index (χ2n) is 6.95. The molecule has 0 bridgehead atoms. The van der Waals surface area contributed by atoms with Crippen LogP contribution in [-0.4, -0.2) is 47.7 Å². The number of nitrogens with one attached hydrogen (secondary N) is 1. The molecule has 0 radical (unpaired) electrons. The number of fused-ring (bicyclic) bond motifs is 1. The van der Waals surface area contributed by atoms with Crippen LogP contribution >= 0.6 is 11.3 Å². The molecule has 2 N–H and O–H groups in total. The Morgan fingerprint density at radius 1 is 1.12 bits per heavy atom. The number of nitrogens with zero attached hydrogens (tertiary/aromatic N) is 2. The van der Waals surface area contributed by atoms with Gasteiger partial charge in [-0.15, -0.1) is 0 Å². The molecule has 0 spiro atoms. The number of carbonyl (C=O) groups excluding carboxylic acids is 1. The van der Waals surface area contributed by atoms with E-state index in [4.69, 9.17) is 19.3 Å². The Morgan fingerprint density at radius 2 is 1.91 bits per heavy atom. The monoisotopic (exact) mass is 467 g/mol. The van der Waals surface area contributed by atoms with Crippen LogP contribution in [0.5, 0.6) is 0 Å². The normalized spacial score (nSPS) is 13.8. The molecule has 1 aromatic carbocycles. The maximum absolute atomic E-state index is 13.1. The van der Waals surface area contributed by atoms with Crippen LogP contribution in [0.4, 0.5) is 5.69 Å². The smallest absolute Gasteiger partial charge is 0.356 e. The molecule has 0 saturated heterocycles. The topological polar surface area (TPSA) is 111 Å². The zero-order valence-corrected chi connectivity index (χ0v) is 18.9. The number of allylic oxidation sites excluding steroid dienone is 1. The third kappa shape index (κ3) is 4.33. The summed E-state index contributed by atoms with van der Waals surface area (Å²) in [6.45, 7) is 0. The van der Waals surface area contributed by atoms with Gasteiger partial charge in [0.2, 0.25) is 0 Å². The highest BCUT2D eigenvalue weighted by atomic mass is 32.1. The van der Waals surface area contributed by atoms with Gasteiger partial charge in [-0.05, 0) is 12.1 Å². The molecule has 0 saturated carbocycles. The first kappa shape index (κ1) is 22.2. The molecule has 0 atom stereocenters. The van der Waals surface area contributed by atoms with Crippen molar-refractivity contribution in [2.45, 2.75) is 6.42 Å². The molecular formula is C23H21N3O6S. The minimum absolute atomic E-state index is 0.0186. The van der Waals surface area contributed by atoms with Crippen molar-refractivity contribution in [2.75, 3.05) is 26.6 Å². The Hall–Kier alpha value is -4.05. The number of imidazole rings is 1. The number of carbonyl (C=O) groups is 2. The Kier molecular flexibility index (Phi) is 6.18. The van der Waals surface area contributed by atoms with E-state index in [0.29, 0.717) is 39.9 Å². The summed E-state index contributed by atoms with van der Waals surface area (Å²) in [5.74, 6) is -0.0313. The van der Waals surface area contributed by atoms with Crippen molar-refractivity contribution in [1.29, 1.82) is 0 Å². The van der Waals surface area contributed by atoms with Crippen LogP contribution in [0.3, 0.4) is 0 Å². The van der Waals surface area contributed by atoms with Gasteiger partial charge in [0.15, 0.2) is 22.2 Å². The van der Waals surface area contributed by atoms with E-state index in [1.807, 2.05) is 18.2 Å². The van der Waals surface area contributed by atoms with E-state index in [1.54, 1.807) is 28.8 Å². The number of anilines is 1. The Morgan fingerprint density at radius 3 is 2.58 bits per heavy atom. The van der Waals surface area contributed by atoms with Crippen LogP contribution < -0.4 is 5.32 Å². The molecular weight excluding hydrogens is 446 g/mol. The molecule has 1 aliphatic carbocycles. The van der Waals surface area contributed by atoms with Crippen molar-refractivity contribution in [2.24, 2.45) is 0 Å². The fourth-order valence-corrected chi connectivity index (χ4v) is 4.43. The molecule has 0 aliphatic heterocycles. The third-order valence-electron chi connectivity index (χ3n) is 5.02. The van der Waals surface area contributed by atoms with Gasteiger partial charge in [-0.1, -0.05) is 35.6 Å². The van der Waals surface area contributed by atoms with E-state index in [0.717, 1.165) is 10.4 Å². The summed E-state index contributed by atoms with van der Waals surface area (Å²) < 4.78 is 17.9. The number of hydrogen-bond donors (Lipinski definition) is 2. The molecule has 10 heteroatoms. The summed E-state index contributed by atoms with van der Waals surface area (Å²) in [7, 11) is 4.55. The summed E-state index contributed by atoms with van der Waals surface area (Å²) in [4.78, 5) is 29.8. The average molecular weight is 468 g/mol. The number of amides is 1. The fraction of sp³-hybridized carbons (Fsp3) is 0.174. The molecule has 9 nitrogen and oxygen atoms in total. The molecule has 0 fully saturated rings. The minimum Gasteiger partial charge on any atom is -0.497 e. The van der Waals surface area contributed by atoms with Gasteiger partial charge < -0.3 is 24.6 Å². The molecule has 2 heterocycles. The van der Waals surface area contributed by atoms with Gasteiger partial charge >= 0.3 is 5.97 Å². The molecule has 1 aliphatic rings. The van der Waals surface area contributed by atoms with E-state index >= 15 is 0 Å². The first-order valence-corrected chi connectivity index (χ1v) is 10.7. The Bertz CT molecular complexity index is 1300. The minimum atomic E-state index is -1.08. The van der Waals surface area contributed by atoms with Gasteiger partial charge in [-0.2, -0.15) is 0 Å². The molecule has 3 aromatic rings. The molecule has 170 valence electrons. The summed E-state index contributed by atoms with van der Waals surface area (Å²) in [5.41, 5.74) is 1.77. The number of thiazole rings is 1. The largest absolute Gasteiger partial charge is 0.497 e. The fourth-order valence-electron chi connectivity index (χ4n) is 3.42. The number of benzene rings is 1. The predicted octanol–water partition coefficient (Wildman–Crippen LogP) is 4.06. The number of carboxylic acids is 1. The van der Waals surface area contributed by atoms with Crippen LogP contribution in [0.25, 0.3) is 15.4 Å². The van der Waals surface area contributed by atoms with Crippen LogP contribution in [-0.2, 0) is 19.0 Å². The third-order valence-corrected chi connectivity index (χ3v) is 6.05. The number of aromatic carboxylic acids is 1. The first-order valence-electron chi connectivity index (χ1n) is 9.85. The summed E-state index contributed by atoms with van der Waals surface area (Å²) in [5, 5.41) is 12.1. The highest BCUT2D eigenvalue weighted by Crippen LogP contribution is 2.34. The van der Waals surface area contributed by atoms with E-state index in [2.05, 4.69) is 10.3 Å². The van der Waals surface area contributed by atoms with Crippen LogP contribution in [0.15, 0.2) is 71.7 Å². The number of hydrogen-bond acceptors (Lipinski definition) is 7. The van der Waals surface area contributed by atoms with Crippen LogP contribution in [0, 0.1) is 0 Å². The molecule has 1 amide bonds. The van der Waals surface area contributed by atoms with Gasteiger partial charge in [0.1, 0.15) is 5.76 Å². The van der Waals surface area contributed by atoms with E-state index in [-0.39, 0.29) is 11.6 Å². The lowest BCUT2D eigenvalue weighted by molar-refractivity contribution is -0.112. The van der Waals surface area contributed by atoms with Gasteiger partial charge in [0, 0.05) is 35.6 Å². The SMILES string of the molecule is COC1=CC(C(=O)Nc2ccccc2-c2cn3cc(C(=O)O)nc3s2)=CCC(OC)=C1OC. The first-order chi connectivity index (χ1) is 15.9. The average Bonchev–Trinajstić information content (AvgIpc) is 3.33. The quantitative estimate of drug-likeness (QED) is 0.539. The molecule has 33 heavy (non-hydrogen) atoms. The number of ether oxygens (including phenoxy) is 3. The Balaban J connectivity index is 1.63. The lowest BCUT2D eigenvalue weighted by Gasteiger charge is -2.13. The second-order valence-corrected chi connectivity index (χ2v) is 7.96. The lowest BCUT2D eigenvalue weighted by Crippen LogP contribution is -2.14. The van der Waals surface area contributed by atoms with Gasteiger partial charge in [-0.3, -0.25) is 9.20 Å². The van der Waals surface area contributed by atoms with E-state index < -0.39 is 5.97 Å². The van der Waals surface area contributed by atoms with Crippen molar-refractivity contribution in [3.8, 4) is 10.4 Å². The van der Waals surface area contributed by atoms with Crippen molar-refractivity contribution in [3.05, 3.63) is 77.4 Å². The summed E-state index contributed by atoms with van der Waals surface area (Å²) in [6.07, 6.45) is 6.96. The predicted molar refractivity (Wildman–Crippen MR) is 123 cm³/mol. The van der Waals surface area contributed by atoms with Gasteiger partial charge in [-0.25, -0.2) is 9.78 Å². The summed E-state index contributed by atoms with van der Waals surface area (Å²) >= 11 is 1.33. The van der Waals surface area contributed by atoms with Crippen molar-refractivity contribution < 1.29 is 28.9 Å². The van der Waals surface area contributed by atoms with Gasteiger partial charge in [0.25, 0.3) is 5.91 Å². The van der Waals surface area contributed by atoms with Crippen molar-refractivity contribution >= 4 is 33.9 Å². The highest BCUT2D eigenvalue weighted by Gasteiger charge is 2.21. The highest BCUT2D eigenvalue weighted by molar-refractivity contribution is 7.20. The second kappa shape index (κ2) is 9.21. The number of methoxy groups -OCH3 is 3. The standard InChI is InChI=1S/C23H21N3O6S/c1-30-17-9-8-13(10-18(31-2)20(17)32-3)21(27)24-15-7-5-4-6-14(15)19-12-26-11-16(22(28)29)25-23(26)33-19/h4-8,10-12H,9H2,1-3H3,(H,24,27)(H,28,29). The zero-order valence-electron chi connectivity index (χ0n) is 18.1. The van der Waals surface area contributed by atoms with Crippen molar-refractivity contribution in [3.63, 3.8) is 0 Å². The summed E-state index contributed by atoms with van der Waals surface area (Å²) in [6, 6.07) is 7.37. The number of aromatic nitrogens is 2. The molecule has 4 rings (SSSR count). The van der Waals surface area contributed by atoms with E-state index in [9.17, 15) is 9.59 Å². The molecule has 2 aromatic heterocycles. The van der Waals surface area contributed by atoms with Crippen LogP contribution in [0.1, 0.15) is 16.9 Å². The Labute approximate surface area is 193 Å². The molecule has 0 unspecified atom stereocenters. The van der Waals surface area contributed by atoms with Crippen LogP contribution in [0.2, 0.25) is 0 Å². The van der Waals surface area contributed by atoms with E-state index in [1.165, 1.54) is 38.9 Å². The maximum Gasteiger partial charge on any atom is 0.356 e. The number of carboxylic acid groups (broad SMARTS) is 1. The van der Waals surface area contributed by atoms with Gasteiger partial charge in [0.05, 0.1) is 26.2 Å². The zero-order chi connectivity index (χ0) is 23.5. The lowest BCUT2D eigenvalue weighted by atomic mass is 10.1. The van der Waals surface area contributed by atoms with Crippen molar-refractivity contribution in [1.82, 2.24) is 9.38 Å².